The summed E-state index contributed by atoms with van der Waals surface area (Å²) < 4.78 is 0. The lowest BCUT2D eigenvalue weighted by atomic mass is 9.93. The van der Waals surface area contributed by atoms with Crippen LogP contribution < -0.4 is 5.32 Å². The first-order chi connectivity index (χ1) is 7.72. The molecular weight excluding hydrogens is 220 g/mol. The standard InChI is InChI=1S/C13H21ClN2/c1-4-10(5-2)9-12(15-3)13-11(14)7-6-8-16-13/h6-8,10,12,15H,4-5,9H2,1-3H3. The molecule has 0 aliphatic rings. The van der Waals surface area contributed by atoms with Gasteiger partial charge in [-0.05, 0) is 31.5 Å². The molecule has 0 aliphatic carbocycles. The molecule has 3 heteroatoms. The van der Waals surface area contributed by atoms with E-state index in [1.807, 2.05) is 19.2 Å². The van der Waals surface area contributed by atoms with Gasteiger partial charge in [0.25, 0.3) is 0 Å². The maximum Gasteiger partial charge on any atom is 0.0758 e. The number of halogens is 1. The average Bonchev–Trinajstić information content (AvgIpc) is 2.32. The molecule has 0 fully saturated rings. The zero-order valence-electron chi connectivity index (χ0n) is 10.3. The minimum absolute atomic E-state index is 0.263. The van der Waals surface area contributed by atoms with Crippen molar-refractivity contribution in [3.63, 3.8) is 0 Å². The third-order valence-corrected chi connectivity index (χ3v) is 3.51. The lowest BCUT2D eigenvalue weighted by Crippen LogP contribution is -2.21. The van der Waals surface area contributed by atoms with Crippen LogP contribution in [-0.4, -0.2) is 12.0 Å². The molecular formula is C13H21ClN2. The molecule has 0 saturated carbocycles. The maximum atomic E-state index is 6.17. The Balaban J connectivity index is 2.78. The van der Waals surface area contributed by atoms with Gasteiger partial charge in [0, 0.05) is 6.20 Å². The predicted octanol–water partition coefficient (Wildman–Crippen LogP) is 3.82. The Morgan fingerprint density at radius 3 is 2.56 bits per heavy atom. The Bertz CT molecular complexity index is 311. The summed E-state index contributed by atoms with van der Waals surface area (Å²) in [5, 5.41) is 4.07. The number of hydrogen-bond donors (Lipinski definition) is 1. The van der Waals surface area contributed by atoms with Crippen LogP contribution in [0.4, 0.5) is 0 Å². The normalized spacial score (nSPS) is 13.1. The molecule has 2 nitrogen and oxygen atoms in total. The second-order valence-electron chi connectivity index (χ2n) is 4.13. The predicted molar refractivity (Wildman–Crippen MR) is 69.7 cm³/mol. The van der Waals surface area contributed by atoms with Crippen molar-refractivity contribution in [3.05, 3.63) is 29.0 Å². The molecule has 1 N–H and O–H groups in total. The SMILES string of the molecule is CCC(CC)CC(NC)c1ncccc1Cl. The van der Waals surface area contributed by atoms with Gasteiger partial charge in [0.15, 0.2) is 0 Å². The van der Waals surface area contributed by atoms with Crippen LogP contribution in [0.2, 0.25) is 5.02 Å². The van der Waals surface area contributed by atoms with Crippen LogP contribution in [0.25, 0.3) is 0 Å². The molecule has 0 amide bonds. The Morgan fingerprint density at radius 1 is 1.38 bits per heavy atom. The van der Waals surface area contributed by atoms with Crippen molar-refractivity contribution in [2.45, 2.75) is 39.2 Å². The molecule has 1 unspecified atom stereocenters. The van der Waals surface area contributed by atoms with E-state index in [2.05, 4.69) is 24.1 Å². The third kappa shape index (κ3) is 3.46. The fraction of sp³-hybridized carbons (Fsp3) is 0.615. The van der Waals surface area contributed by atoms with Gasteiger partial charge in [-0.3, -0.25) is 4.98 Å². The van der Waals surface area contributed by atoms with Gasteiger partial charge in [-0.2, -0.15) is 0 Å². The van der Waals surface area contributed by atoms with Crippen molar-refractivity contribution in [2.75, 3.05) is 7.05 Å². The summed E-state index contributed by atoms with van der Waals surface area (Å²) in [4.78, 5) is 4.38. The van der Waals surface area contributed by atoms with Gasteiger partial charge in [0.1, 0.15) is 0 Å². The minimum Gasteiger partial charge on any atom is -0.312 e. The lowest BCUT2D eigenvalue weighted by Gasteiger charge is -2.21. The van der Waals surface area contributed by atoms with Crippen LogP contribution >= 0.6 is 11.6 Å². The van der Waals surface area contributed by atoms with Gasteiger partial charge < -0.3 is 5.32 Å². The number of rotatable bonds is 6. The lowest BCUT2D eigenvalue weighted by molar-refractivity contribution is 0.381. The second kappa shape index (κ2) is 6.87. The van der Waals surface area contributed by atoms with Crippen molar-refractivity contribution in [1.29, 1.82) is 0 Å². The first-order valence-corrected chi connectivity index (χ1v) is 6.38. The van der Waals surface area contributed by atoms with Crippen LogP contribution in [0.3, 0.4) is 0 Å². The summed E-state index contributed by atoms with van der Waals surface area (Å²) in [5.74, 6) is 0.732. The summed E-state index contributed by atoms with van der Waals surface area (Å²) in [6.45, 7) is 4.47. The van der Waals surface area contributed by atoms with E-state index < -0.39 is 0 Å². The first kappa shape index (κ1) is 13.5. The van der Waals surface area contributed by atoms with E-state index in [0.717, 1.165) is 23.1 Å². The smallest absolute Gasteiger partial charge is 0.0758 e. The number of hydrogen-bond acceptors (Lipinski definition) is 2. The first-order valence-electron chi connectivity index (χ1n) is 6.00. The highest BCUT2D eigenvalue weighted by molar-refractivity contribution is 6.31. The number of nitrogens with zero attached hydrogens (tertiary/aromatic N) is 1. The highest BCUT2D eigenvalue weighted by atomic mass is 35.5. The Morgan fingerprint density at radius 2 is 2.06 bits per heavy atom. The van der Waals surface area contributed by atoms with Crippen LogP contribution in [0.15, 0.2) is 18.3 Å². The molecule has 0 saturated heterocycles. The largest absolute Gasteiger partial charge is 0.312 e. The van der Waals surface area contributed by atoms with Gasteiger partial charge in [-0.1, -0.05) is 38.3 Å². The monoisotopic (exact) mass is 240 g/mol. The van der Waals surface area contributed by atoms with Gasteiger partial charge in [0.2, 0.25) is 0 Å². The van der Waals surface area contributed by atoms with Gasteiger partial charge in [-0.25, -0.2) is 0 Å². The van der Waals surface area contributed by atoms with Gasteiger partial charge in [0.05, 0.1) is 16.8 Å². The van der Waals surface area contributed by atoms with E-state index in [1.54, 1.807) is 6.20 Å². The van der Waals surface area contributed by atoms with Crippen LogP contribution in [0.1, 0.15) is 44.8 Å². The maximum absolute atomic E-state index is 6.17. The zero-order chi connectivity index (χ0) is 12.0. The molecule has 1 heterocycles. The number of pyridine rings is 1. The van der Waals surface area contributed by atoms with E-state index >= 15 is 0 Å². The fourth-order valence-corrected chi connectivity index (χ4v) is 2.23. The Labute approximate surface area is 103 Å². The number of nitrogens with one attached hydrogen (secondary N) is 1. The second-order valence-corrected chi connectivity index (χ2v) is 4.54. The van der Waals surface area contributed by atoms with E-state index in [9.17, 15) is 0 Å². The van der Waals surface area contributed by atoms with Crippen molar-refractivity contribution in [2.24, 2.45) is 5.92 Å². The highest BCUT2D eigenvalue weighted by Crippen LogP contribution is 2.27. The van der Waals surface area contributed by atoms with Crippen LogP contribution in [0.5, 0.6) is 0 Å². The molecule has 1 rings (SSSR count). The van der Waals surface area contributed by atoms with Gasteiger partial charge in [-0.15, -0.1) is 0 Å². The van der Waals surface area contributed by atoms with Crippen molar-refractivity contribution in [3.8, 4) is 0 Å². The molecule has 0 spiro atoms. The van der Waals surface area contributed by atoms with Crippen molar-refractivity contribution in [1.82, 2.24) is 10.3 Å². The molecule has 90 valence electrons. The van der Waals surface area contributed by atoms with E-state index in [-0.39, 0.29) is 6.04 Å². The quantitative estimate of drug-likeness (QED) is 0.818. The van der Waals surface area contributed by atoms with Crippen molar-refractivity contribution >= 4 is 11.6 Å². The van der Waals surface area contributed by atoms with Gasteiger partial charge >= 0.3 is 0 Å². The summed E-state index contributed by atoms with van der Waals surface area (Å²) in [6, 6.07) is 4.04. The minimum atomic E-state index is 0.263. The molecule has 0 aliphatic heterocycles. The van der Waals surface area contributed by atoms with Crippen LogP contribution in [-0.2, 0) is 0 Å². The molecule has 1 aromatic heterocycles. The van der Waals surface area contributed by atoms with E-state index in [0.29, 0.717) is 0 Å². The zero-order valence-corrected chi connectivity index (χ0v) is 11.1. The summed E-state index contributed by atoms with van der Waals surface area (Å²) in [5.41, 5.74) is 0.971. The summed E-state index contributed by atoms with van der Waals surface area (Å²) in [6.07, 6.45) is 5.32. The van der Waals surface area contributed by atoms with Crippen molar-refractivity contribution < 1.29 is 0 Å². The fourth-order valence-electron chi connectivity index (χ4n) is 1.98. The summed E-state index contributed by atoms with van der Waals surface area (Å²) in [7, 11) is 1.97. The Kier molecular flexibility index (Phi) is 5.78. The molecule has 1 aromatic rings. The average molecular weight is 241 g/mol. The molecule has 1 atom stereocenters. The molecule has 0 bridgehead atoms. The molecule has 0 aromatic carbocycles. The third-order valence-electron chi connectivity index (χ3n) is 3.19. The van der Waals surface area contributed by atoms with E-state index in [4.69, 9.17) is 11.6 Å². The number of aromatic nitrogens is 1. The highest BCUT2D eigenvalue weighted by Gasteiger charge is 2.17. The Hall–Kier alpha value is -0.600. The van der Waals surface area contributed by atoms with E-state index in [1.165, 1.54) is 12.8 Å². The topological polar surface area (TPSA) is 24.9 Å². The summed E-state index contributed by atoms with van der Waals surface area (Å²) >= 11 is 6.17. The van der Waals surface area contributed by atoms with Crippen LogP contribution in [0, 0.1) is 5.92 Å². The molecule has 16 heavy (non-hydrogen) atoms. The molecule has 0 radical (unpaired) electrons.